The first-order chi connectivity index (χ1) is 10.4. The van der Waals surface area contributed by atoms with Crippen molar-refractivity contribution >= 4 is 5.82 Å². The van der Waals surface area contributed by atoms with Crippen LogP contribution in [0.2, 0.25) is 0 Å². The lowest BCUT2D eigenvalue weighted by molar-refractivity contribution is 0.0845. The van der Waals surface area contributed by atoms with Crippen LogP contribution in [0, 0.1) is 5.92 Å². The van der Waals surface area contributed by atoms with E-state index in [0.29, 0.717) is 12.0 Å². The average molecular weight is 288 g/mol. The summed E-state index contributed by atoms with van der Waals surface area (Å²) in [5.41, 5.74) is 1.20. The number of piperidine rings is 1. The van der Waals surface area contributed by atoms with Crippen molar-refractivity contribution in [3.63, 3.8) is 0 Å². The van der Waals surface area contributed by atoms with E-state index in [0.717, 1.165) is 50.9 Å². The van der Waals surface area contributed by atoms with Crippen molar-refractivity contribution in [3.05, 3.63) is 18.1 Å². The largest absolute Gasteiger partial charge is 0.381 e. The number of ether oxygens (including phenoxy) is 1. The maximum Gasteiger partial charge on any atom is 0.132 e. The van der Waals surface area contributed by atoms with Crippen molar-refractivity contribution in [2.24, 2.45) is 5.92 Å². The van der Waals surface area contributed by atoms with E-state index in [1.807, 2.05) is 0 Å². The van der Waals surface area contributed by atoms with Gasteiger partial charge < -0.3 is 15.0 Å². The second-order valence-electron chi connectivity index (χ2n) is 6.56. The number of hydrogen-bond acceptors (Lipinski definition) is 5. The molecule has 0 saturated carbocycles. The van der Waals surface area contributed by atoms with Crippen molar-refractivity contribution in [2.45, 2.75) is 37.6 Å². The topological polar surface area (TPSA) is 50.3 Å². The van der Waals surface area contributed by atoms with Gasteiger partial charge in [0.25, 0.3) is 0 Å². The molecule has 1 aromatic heterocycles. The number of rotatable bonds is 2. The van der Waals surface area contributed by atoms with Gasteiger partial charge in [-0.05, 0) is 38.1 Å². The molecule has 21 heavy (non-hydrogen) atoms. The number of nitrogens with zero attached hydrogens (tertiary/aromatic N) is 3. The molecule has 3 fully saturated rings. The molecule has 0 spiro atoms. The summed E-state index contributed by atoms with van der Waals surface area (Å²) in [6, 6.07) is 2.87. The van der Waals surface area contributed by atoms with Crippen molar-refractivity contribution in [3.8, 4) is 0 Å². The Morgan fingerprint density at radius 1 is 1.14 bits per heavy atom. The van der Waals surface area contributed by atoms with Crippen LogP contribution in [0.5, 0.6) is 0 Å². The molecular weight excluding hydrogens is 264 g/mol. The molecule has 0 radical (unpaired) electrons. The van der Waals surface area contributed by atoms with Gasteiger partial charge in [-0.1, -0.05) is 0 Å². The quantitative estimate of drug-likeness (QED) is 0.895. The molecule has 3 aliphatic heterocycles. The van der Waals surface area contributed by atoms with E-state index in [-0.39, 0.29) is 0 Å². The summed E-state index contributed by atoms with van der Waals surface area (Å²) in [6.45, 7) is 5.13. The van der Waals surface area contributed by atoms with Crippen molar-refractivity contribution < 1.29 is 4.74 Å². The lowest BCUT2D eigenvalue weighted by Crippen LogP contribution is -2.40. The minimum atomic E-state index is 0.545. The van der Waals surface area contributed by atoms with Crippen LogP contribution in [0.1, 0.15) is 37.3 Å². The first kappa shape index (κ1) is 13.5. The molecule has 114 valence electrons. The van der Waals surface area contributed by atoms with Crippen LogP contribution in [0.3, 0.4) is 0 Å². The Morgan fingerprint density at radius 3 is 2.90 bits per heavy atom. The molecule has 3 aliphatic rings. The Hall–Kier alpha value is -1.20. The molecule has 5 heteroatoms. The summed E-state index contributed by atoms with van der Waals surface area (Å²) < 4.78 is 5.45. The molecule has 0 unspecified atom stereocenters. The minimum Gasteiger partial charge on any atom is -0.381 e. The molecule has 5 nitrogen and oxygen atoms in total. The third-order valence-electron chi connectivity index (χ3n) is 5.24. The van der Waals surface area contributed by atoms with E-state index >= 15 is 0 Å². The highest BCUT2D eigenvalue weighted by atomic mass is 16.5. The second-order valence-corrected chi connectivity index (χ2v) is 6.56. The Morgan fingerprint density at radius 2 is 2.05 bits per heavy atom. The predicted molar refractivity (Wildman–Crippen MR) is 81.6 cm³/mol. The van der Waals surface area contributed by atoms with Crippen molar-refractivity contribution in [1.82, 2.24) is 15.3 Å². The van der Waals surface area contributed by atoms with Gasteiger partial charge in [0.15, 0.2) is 0 Å². The van der Waals surface area contributed by atoms with Crippen LogP contribution in [0.25, 0.3) is 0 Å². The Bertz CT molecular complexity index is 475. The molecule has 4 heterocycles. The highest BCUT2D eigenvalue weighted by Gasteiger charge is 2.35. The Labute approximate surface area is 126 Å². The highest BCUT2D eigenvalue weighted by Crippen LogP contribution is 2.30. The molecule has 0 aliphatic carbocycles. The molecule has 0 amide bonds. The van der Waals surface area contributed by atoms with E-state index < -0.39 is 0 Å². The first-order valence-corrected chi connectivity index (χ1v) is 8.28. The fourth-order valence-electron chi connectivity index (χ4n) is 3.98. The van der Waals surface area contributed by atoms with E-state index in [2.05, 4.69) is 26.3 Å². The first-order valence-electron chi connectivity index (χ1n) is 8.28. The number of hydrogen-bond donors (Lipinski definition) is 1. The summed E-state index contributed by atoms with van der Waals surface area (Å²) in [5, 5.41) is 3.66. The van der Waals surface area contributed by atoms with Gasteiger partial charge >= 0.3 is 0 Å². The second kappa shape index (κ2) is 5.89. The number of nitrogens with one attached hydrogen (secondary N) is 1. The van der Waals surface area contributed by atoms with E-state index in [1.54, 1.807) is 6.33 Å². The van der Waals surface area contributed by atoms with Crippen LogP contribution < -0.4 is 10.2 Å². The summed E-state index contributed by atoms with van der Waals surface area (Å²) >= 11 is 0. The fraction of sp³-hybridized carbons (Fsp3) is 0.750. The molecule has 2 atom stereocenters. The molecule has 1 N–H and O–H groups in total. The molecule has 4 rings (SSSR count). The summed E-state index contributed by atoms with van der Waals surface area (Å²) in [6.07, 6.45) is 6.58. The monoisotopic (exact) mass is 288 g/mol. The predicted octanol–water partition coefficient (Wildman–Crippen LogP) is 1.56. The van der Waals surface area contributed by atoms with Crippen LogP contribution >= 0.6 is 0 Å². The van der Waals surface area contributed by atoms with Crippen LogP contribution in [-0.4, -0.2) is 48.9 Å². The zero-order valence-electron chi connectivity index (χ0n) is 12.5. The van der Waals surface area contributed by atoms with Crippen molar-refractivity contribution in [2.75, 3.05) is 37.7 Å². The van der Waals surface area contributed by atoms with Gasteiger partial charge in [0, 0.05) is 50.0 Å². The normalized spacial score (nSPS) is 30.4. The van der Waals surface area contributed by atoms with E-state index in [4.69, 9.17) is 4.74 Å². The van der Waals surface area contributed by atoms with Gasteiger partial charge in [0.1, 0.15) is 12.1 Å². The maximum absolute atomic E-state index is 5.45. The van der Waals surface area contributed by atoms with Gasteiger partial charge in [0.2, 0.25) is 0 Å². The van der Waals surface area contributed by atoms with Gasteiger partial charge in [-0.2, -0.15) is 0 Å². The summed E-state index contributed by atoms with van der Waals surface area (Å²) in [7, 11) is 0. The fourth-order valence-corrected chi connectivity index (χ4v) is 3.98. The lowest BCUT2D eigenvalue weighted by Gasteiger charge is -2.24. The zero-order valence-corrected chi connectivity index (χ0v) is 12.5. The molecule has 0 aromatic carbocycles. The third-order valence-corrected chi connectivity index (χ3v) is 5.24. The molecule has 0 bridgehead atoms. The number of fused-ring (bicyclic) bond motifs is 1. The lowest BCUT2D eigenvalue weighted by atomic mass is 9.94. The van der Waals surface area contributed by atoms with Gasteiger partial charge in [0.05, 0.1) is 0 Å². The van der Waals surface area contributed by atoms with Crippen LogP contribution in [0.4, 0.5) is 5.82 Å². The Balaban J connectivity index is 1.50. The van der Waals surface area contributed by atoms with Gasteiger partial charge in [-0.15, -0.1) is 0 Å². The smallest absolute Gasteiger partial charge is 0.132 e. The van der Waals surface area contributed by atoms with E-state index in [1.165, 1.54) is 25.1 Å². The van der Waals surface area contributed by atoms with Gasteiger partial charge in [-0.3, -0.25) is 0 Å². The van der Waals surface area contributed by atoms with Gasteiger partial charge in [-0.25, -0.2) is 9.97 Å². The average Bonchev–Trinajstić information content (AvgIpc) is 3.00. The molecule has 1 aromatic rings. The van der Waals surface area contributed by atoms with Crippen molar-refractivity contribution in [1.29, 1.82) is 0 Å². The minimum absolute atomic E-state index is 0.545. The van der Waals surface area contributed by atoms with Crippen LogP contribution in [-0.2, 0) is 4.74 Å². The maximum atomic E-state index is 5.45. The SMILES string of the molecule is c1nc(C2CCOCC2)cc(N2C[C@H]3CCCN[C@H]3C2)n1. The Kier molecular flexibility index (Phi) is 3.78. The highest BCUT2D eigenvalue weighted by molar-refractivity contribution is 5.42. The standard InChI is InChI=1S/C16H24N4O/c1-2-13-9-20(10-15(13)17-5-1)16-8-14(18-11-19-16)12-3-6-21-7-4-12/h8,11-13,15,17H,1-7,9-10H2/t13-,15+/m1/s1. The molecular formula is C16H24N4O. The summed E-state index contributed by atoms with van der Waals surface area (Å²) in [4.78, 5) is 11.5. The number of anilines is 1. The molecule has 3 saturated heterocycles. The van der Waals surface area contributed by atoms with E-state index in [9.17, 15) is 0 Å². The summed E-state index contributed by atoms with van der Waals surface area (Å²) in [5.74, 6) is 2.45. The zero-order chi connectivity index (χ0) is 14.1. The number of aromatic nitrogens is 2. The third kappa shape index (κ3) is 2.77. The van der Waals surface area contributed by atoms with Crippen LogP contribution in [0.15, 0.2) is 12.4 Å².